The van der Waals surface area contributed by atoms with Gasteiger partial charge in [0.15, 0.2) is 5.82 Å². The molecule has 3 aromatic carbocycles. The van der Waals surface area contributed by atoms with Gasteiger partial charge >= 0.3 is 0 Å². The first kappa shape index (κ1) is 22.1. The van der Waals surface area contributed by atoms with Crippen LogP contribution in [0, 0.1) is 0 Å². The summed E-state index contributed by atoms with van der Waals surface area (Å²) in [6.45, 7) is 0. The van der Waals surface area contributed by atoms with Gasteiger partial charge < -0.3 is 10.1 Å². The van der Waals surface area contributed by atoms with Crippen LogP contribution >= 0.6 is 0 Å². The average molecular weight is 485 g/mol. The Hall–Kier alpha value is -4.70. The van der Waals surface area contributed by atoms with Crippen molar-refractivity contribution in [2.45, 2.75) is 4.90 Å². The van der Waals surface area contributed by atoms with Gasteiger partial charge in [-0.25, -0.2) is 23.1 Å². The second kappa shape index (κ2) is 9.65. The van der Waals surface area contributed by atoms with Crippen molar-refractivity contribution in [2.75, 3.05) is 10.0 Å². The Morgan fingerprint density at radius 1 is 0.771 bits per heavy atom. The van der Waals surface area contributed by atoms with E-state index in [2.05, 4.69) is 25.1 Å². The van der Waals surface area contributed by atoms with E-state index in [9.17, 15) is 8.42 Å². The molecule has 35 heavy (non-hydrogen) atoms. The zero-order chi connectivity index (χ0) is 24.1. The molecular formula is C25H20N6O3S. The molecule has 0 atom stereocenters. The van der Waals surface area contributed by atoms with Crippen molar-refractivity contribution >= 4 is 27.2 Å². The van der Waals surface area contributed by atoms with Gasteiger partial charge in [-0.1, -0.05) is 18.2 Å². The quantitative estimate of drug-likeness (QED) is 0.319. The van der Waals surface area contributed by atoms with Gasteiger partial charge in [0.1, 0.15) is 23.6 Å². The summed E-state index contributed by atoms with van der Waals surface area (Å²) in [5.41, 5.74) is 1.17. The van der Waals surface area contributed by atoms with Crippen molar-refractivity contribution in [1.82, 2.24) is 19.7 Å². The molecule has 5 aromatic rings. The van der Waals surface area contributed by atoms with E-state index in [1.165, 1.54) is 18.5 Å². The molecule has 5 rings (SSSR count). The number of para-hydroxylation sites is 1. The number of ether oxygens (including phenoxy) is 1. The highest BCUT2D eigenvalue weighted by molar-refractivity contribution is 7.92. The van der Waals surface area contributed by atoms with Crippen molar-refractivity contribution in [3.8, 4) is 17.3 Å². The van der Waals surface area contributed by atoms with E-state index in [0.29, 0.717) is 28.8 Å². The van der Waals surface area contributed by atoms with Gasteiger partial charge in [0.2, 0.25) is 0 Å². The molecule has 0 aliphatic heterocycles. The molecule has 0 saturated carbocycles. The highest BCUT2D eigenvalue weighted by Crippen LogP contribution is 2.24. The highest BCUT2D eigenvalue weighted by atomic mass is 32.2. The lowest BCUT2D eigenvalue weighted by Gasteiger charge is -2.11. The highest BCUT2D eigenvalue weighted by Gasteiger charge is 2.14. The summed E-state index contributed by atoms with van der Waals surface area (Å²) in [5, 5.41) is 7.33. The lowest BCUT2D eigenvalue weighted by molar-refractivity contribution is 0.482. The van der Waals surface area contributed by atoms with E-state index in [4.69, 9.17) is 4.74 Å². The molecule has 0 saturated heterocycles. The predicted octanol–water partition coefficient (Wildman–Crippen LogP) is 5.00. The number of sulfonamides is 1. The summed E-state index contributed by atoms with van der Waals surface area (Å²) in [7, 11) is -3.76. The first-order valence-corrected chi connectivity index (χ1v) is 12.1. The van der Waals surface area contributed by atoms with Crippen LogP contribution in [-0.4, -0.2) is 28.2 Å². The zero-order valence-corrected chi connectivity index (χ0v) is 19.1. The van der Waals surface area contributed by atoms with Gasteiger partial charge in [-0.05, 0) is 66.7 Å². The van der Waals surface area contributed by atoms with Crippen molar-refractivity contribution in [2.24, 2.45) is 0 Å². The normalized spacial score (nSPS) is 11.1. The number of hydrogen-bond acceptors (Lipinski definition) is 7. The van der Waals surface area contributed by atoms with Crippen molar-refractivity contribution in [3.63, 3.8) is 0 Å². The summed E-state index contributed by atoms with van der Waals surface area (Å²) in [6, 6.07) is 25.9. The fourth-order valence-corrected chi connectivity index (χ4v) is 4.30. The Bertz CT molecular complexity index is 1510. The van der Waals surface area contributed by atoms with E-state index < -0.39 is 10.0 Å². The molecule has 0 spiro atoms. The van der Waals surface area contributed by atoms with Crippen LogP contribution in [0.5, 0.6) is 11.5 Å². The average Bonchev–Trinajstić information content (AvgIpc) is 3.42. The molecule has 2 N–H and O–H groups in total. The predicted molar refractivity (Wildman–Crippen MR) is 133 cm³/mol. The van der Waals surface area contributed by atoms with Crippen molar-refractivity contribution < 1.29 is 13.2 Å². The monoisotopic (exact) mass is 484 g/mol. The number of aromatic nitrogens is 4. The lowest BCUT2D eigenvalue weighted by atomic mass is 10.3. The minimum absolute atomic E-state index is 0.132. The minimum atomic E-state index is -3.76. The van der Waals surface area contributed by atoms with Crippen LogP contribution in [0.1, 0.15) is 0 Å². The van der Waals surface area contributed by atoms with Gasteiger partial charge in [-0.3, -0.25) is 4.72 Å². The molecule has 0 fully saturated rings. The van der Waals surface area contributed by atoms with Gasteiger partial charge in [0.05, 0.1) is 4.90 Å². The molecule has 174 valence electrons. The zero-order valence-electron chi connectivity index (χ0n) is 18.3. The first-order chi connectivity index (χ1) is 17.0. The fourth-order valence-electron chi connectivity index (χ4n) is 3.24. The van der Waals surface area contributed by atoms with E-state index in [1.807, 2.05) is 36.4 Å². The summed E-state index contributed by atoms with van der Waals surface area (Å²) in [6.07, 6.45) is 4.90. The summed E-state index contributed by atoms with van der Waals surface area (Å²) < 4.78 is 35.5. The number of nitrogens with one attached hydrogen (secondary N) is 2. The number of anilines is 3. The SMILES string of the molecule is O=S(=O)(Nc1ccc(Nc2cc(-n3cccn3)ncn2)cc1)c1ccc(Oc2ccccc2)cc1. The molecule has 0 amide bonds. The van der Waals surface area contributed by atoms with Crippen LogP contribution in [0.4, 0.5) is 17.2 Å². The molecule has 0 bridgehead atoms. The van der Waals surface area contributed by atoms with Crippen LogP contribution in [0.15, 0.2) is 115 Å². The summed E-state index contributed by atoms with van der Waals surface area (Å²) in [5.74, 6) is 2.43. The van der Waals surface area contributed by atoms with Crippen molar-refractivity contribution in [1.29, 1.82) is 0 Å². The smallest absolute Gasteiger partial charge is 0.261 e. The topological polar surface area (TPSA) is 111 Å². The third kappa shape index (κ3) is 5.45. The second-order valence-electron chi connectivity index (χ2n) is 7.41. The van der Waals surface area contributed by atoms with Crippen LogP contribution in [0.3, 0.4) is 0 Å². The third-order valence-electron chi connectivity index (χ3n) is 4.91. The summed E-state index contributed by atoms with van der Waals surface area (Å²) in [4.78, 5) is 8.54. The molecule has 0 aliphatic carbocycles. The maximum Gasteiger partial charge on any atom is 0.261 e. The number of benzene rings is 3. The van der Waals surface area contributed by atoms with Crippen LogP contribution in [-0.2, 0) is 10.0 Å². The van der Waals surface area contributed by atoms with E-state index >= 15 is 0 Å². The van der Waals surface area contributed by atoms with Gasteiger partial charge in [-0.15, -0.1) is 0 Å². The maximum absolute atomic E-state index is 12.8. The molecule has 2 heterocycles. The standard InChI is InChI=1S/C25H20N6O3S/c32-35(33,23-13-11-22(12-14-23)34-21-5-2-1-3-6-21)30-20-9-7-19(8-10-20)29-24-17-25(27-18-26-24)31-16-4-15-28-31/h1-18,30H,(H,26,27,29). The van der Waals surface area contributed by atoms with E-state index in [0.717, 1.165) is 5.69 Å². The Morgan fingerprint density at radius 3 is 2.20 bits per heavy atom. The Kier molecular flexibility index (Phi) is 6.10. The minimum Gasteiger partial charge on any atom is -0.457 e. The molecule has 0 radical (unpaired) electrons. The fraction of sp³-hybridized carbons (Fsp3) is 0. The number of rotatable bonds is 8. The Labute approximate surface area is 202 Å². The lowest BCUT2D eigenvalue weighted by Crippen LogP contribution is -2.12. The molecule has 9 nitrogen and oxygen atoms in total. The Balaban J connectivity index is 1.24. The number of nitrogens with zero attached hydrogens (tertiary/aromatic N) is 4. The maximum atomic E-state index is 12.8. The van der Waals surface area contributed by atoms with Crippen LogP contribution in [0.25, 0.3) is 5.82 Å². The molecule has 0 aliphatic rings. The second-order valence-corrected chi connectivity index (χ2v) is 9.09. The van der Waals surface area contributed by atoms with Crippen LogP contribution < -0.4 is 14.8 Å². The van der Waals surface area contributed by atoms with Crippen molar-refractivity contribution in [3.05, 3.63) is 110 Å². The molecule has 10 heteroatoms. The largest absolute Gasteiger partial charge is 0.457 e. The van der Waals surface area contributed by atoms with Gasteiger partial charge in [0, 0.05) is 29.8 Å². The summed E-state index contributed by atoms with van der Waals surface area (Å²) >= 11 is 0. The van der Waals surface area contributed by atoms with E-state index in [1.54, 1.807) is 59.5 Å². The molecular weight excluding hydrogens is 464 g/mol. The van der Waals surface area contributed by atoms with Gasteiger partial charge in [-0.2, -0.15) is 5.10 Å². The molecule has 2 aromatic heterocycles. The first-order valence-electron chi connectivity index (χ1n) is 10.6. The third-order valence-corrected chi connectivity index (χ3v) is 6.31. The molecule has 0 unspecified atom stereocenters. The number of hydrogen-bond donors (Lipinski definition) is 2. The van der Waals surface area contributed by atoms with E-state index in [-0.39, 0.29) is 4.90 Å². The van der Waals surface area contributed by atoms with Crippen LogP contribution in [0.2, 0.25) is 0 Å². The Morgan fingerprint density at radius 2 is 1.49 bits per heavy atom. The van der Waals surface area contributed by atoms with Gasteiger partial charge in [0.25, 0.3) is 10.0 Å².